The zero-order valence-electron chi connectivity index (χ0n) is 8.47. The number of hydrogen-bond acceptors (Lipinski definition) is 3. The molecule has 0 aliphatic carbocycles. The van der Waals surface area contributed by atoms with Gasteiger partial charge in [-0.3, -0.25) is 4.79 Å². The van der Waals surface area contributed by atoms with E-state index >= 15 is 0 Å². The van der Waals surface area contributed by atoms with Crippen molar-refractivity contribution in [3.8, 4) is 0 Å². The molecule has 0 heterocycles. The Morgan fingerprint density at radius 3 is 2.77 bits per heavy atom. The number of likely N-dealkylation sites (N-methyl/N-ethyl adjacent to an activating group) is 1. The SMILES string of the molecule is CCNCC(=O)NCCCC(C)O. The Labute approximate surface area is 79.7 Å². The van der Waals surface area contributed by atoms with Crippen LogP contribution in [0.5, 0.6) is 0 Å². The van der Waals surface area contributed by atoms with Gasteiger partial charge in [0.15, 0.2) is 0 Å². The van der Waals surface area contributed by atoms with Gasteiger partial charge in [-0.05, 0) is 26.3 Å². The third-order valence-electron chi connectivity index (χ3n) is 1.66. The fourth-order valence-electron chi connectivity index (χ4n) is 0.926. The molecule has 0 aromatic rings. The highest BCUT2D eigenvalue weighted by Gasteiger charge is 1.99. The molecule has 0 saturated carbocycles. The van der Waals surface area contributed by atoms with Crippen molar-refractivity contribution in [1.29, 1.82) is 0 Å². The molecule has 0 aliphatic rings. The van der Waals surface area contributed by atoms with Crippen LogP contribution in [0.3, 0.4) is 0 Å². The minimum Gasteiger partial charge on any atom is -0.393 e. The van der Waals surface area contributed by atoms with Crippen molar-refractivity contribution in [2.45, 2.75) is 32.8 Å². The zero-order valence-corrected chi connectivity index (χ0v) is 8.47. The van der Waals surface area contributed by atoms with Crippen LogP contribution in [0.15, 0.2) is 0 Å². The Morgan fingerprint density at radius 2 is 2.23 bits per heavy atom. The molecule has 13 heavy (non-hydrogen) atoms. The Balaban J connectivity index is 3.17. The smallest absolute Gasteiger partial charge is 0.233 e. The Morgan fingerprint density at radius 1 is 1.54 bits per heavy atom. The number of nitrogens with one attached hydrogen (secondary N) is 2. The van der Waals surface area contributed by atoms with E-state index < -0.39 is 0 Å². The van der Waals surface area contributed by atoms with E-state index in [0.29, 0.717) is 13.1 Å². The molecule has 0 saturated heterocycles. The number of rotatable bonds is 7. The van der Waals surface area contributed by atoms with Gasteiger partial charge in [0, 0.05) is 6.54 Å². The maximum atomic E-state index is 11.0. The standard InChI is InChI=1S/C9H20N2O2/c1-3-10-7-9(13)11-6-4-5-8(2)12/h8,10,12H,3-7H2,1-2H3,(H,11,13). The highest BCUT2D eigenvalue weighted by molar-refractivity contribution is 5.77. The Kier molecular flexibility index (Phi) is 7.63. The van der Waals surface area contributed by atoms with E-state index in [9.17, 15) is 4.79 Å². The fourth-order valence-corrected chi connectivity index (χ4v) is 0.926. The van der Waals surface area contributed by atoms with Crippen molar-refractivity contribution < 1.29 is 9.90 Å². The van der Waals surface area contributed by atoms with Crippen LogP contribution in [0, 0.1) is 0 Å². The number of aliphatic hydroxyl groups excluding tert-OH is 1. The van der Waals surface area contributed by atoms with Gasteiger partial charge in [0.2, 0.25) is 5.91 Å². The highest BCUT2D eigenvalue weighted by atomic mass is 16.3. The number of aliphatic hydroxyl groups is 1. The summed E-state index contributed by atoms with van der Waals surface area (Å²) in [5, 5.41) is 14.6. The summed E-state index contributed by atoms with van der Waals surface area (Å²) in [6.45, 7) is 5.54. The van der Waals surface area contributed by atoms with Gasteiger partial charge in [0.25, 0.3) is 0 Å². The van der Waals surface area contributed by atoms with E-state index in [1.165, 1.54) is 0 Å². The number of carbonyl (C=O) groups is 1. The van der Waals surface area contributed by atoms with Gasteiger partial charge in [-0.25, -0.2) is 0 Å². The maximum Gasteiger partial charge on any atom is 0.233 e. The molecule has 0 bridgehead atoms. The molecule has 4 nitrogen and oxygen atoms in total. The first-order chi connectivity index (χ1) is 6.16. The van der Waals surface area contributed by atoms with Crippen molar-refractivity contribution in [3.05, 3.63) is 0 Å². The second kappa shape index (κ2) is 8.01. The molecule has 0 rings (SSSR count). The molecule has 1 atom stereocenters. The molecular weight excluding hydrogens is 168 g/mol. The van der Waals surface area contributed by atoms with E-state index in [1.807, 2.05) is 6.92 Å². The Hall–Kier alpha value is -0.610. The average Bonchev–Trinajstić information content (AvgIpc) is 2.08. The summed E-state index contributed by atoms with van der Waals surface area (Å²) in [5.41, 5.74) is 0. The van der Waals surface area contributed by atoms with Gasteiger partial charge in [0.1, 0.15) is 0 Å². The predicted molar refractivity (Wildman–Crippen MR) is 52.5 cm³/mol. The molecule has 0 radical (unpaired) electrons. The van der Waals surface area contributed by atoms with Crippen LogP contribution < -0.4 is 10.6 Å². The molecule has 1 unspecified atom stereocenters. The molecule has 78 valence electrons. The maximum absolute atomic E-state index is 11.0. The van der Waals surface area contributed by atoms with Crippen LogP contribution in [-0.4, -0.2) is 36.8 Å². The van der Waals surface area contributed by atoms with Crippen molar-refractivity contribution in [2.24, 2.45) is 0 Å². The van der Waals surface area contributed by atoms with Gasteiger partial charge in [0.05, 0.1) is 12.6 Å². The third kappa shape index (κ3) is 9.30. The van der Waals surface area contributed by atoms with Crippen molar-refractivity contribution >= 4 is 5.91 Å². The van der Waals surface area contributed by atoms with E-state index in [1.54, 1.807) is 6.92 Å². The lowest BCUT2D eigenvalue weighted by Crippen LogP contribution is -2.34. The van der Waals surface area contributed by atoms with Crippen LogP contribution >= 0.6 is 0 Å². The number of amides is 1. The average molecular weight is 188 g/mol. The molecule has 0 spiro atoms. The largest absolute Gasteiger partial charge is 0.393 e. The number of carbonyl (C=O) groups excluding carboxylic acids is 1. The molecule has 0 aliphatic heterocycles. The van der Waals surface area contributed by atoms with Gasteiger partial charge in [-0.2, -0.15) is 0 Å². The first kappa shape index (κ1) is 12.4. The van der Waals surface area contributed by atoms with Crippen LogP contribution in [0.25, 0.3) is 0 Å². The monoisotopic (exact) mass is 188 g/mol. The molecular formula is C9H20N2O2. The summed E-state index contributed by atoms with van der Waals surface area (Å²) in [6.07, 6.45) is 1.29. The van der Waals surface area contributed by atoms with E-state index in [-0.39, 0.29) is 12.0 Å². The predicted octanol–water partition coefficient (Wildman–Crippen LogP) is -0.127. The molecule has 0 aromatic heterocycles. The van der Waals surface area contributed by atoms with Gasteiger partial charge in [-0.1, -0.05) is 6.92 Å². The van der Waals surface area contributed by atoms with Crippen molar-refractivity contribution in [1.82, 2.24) is 10.6 Å². The zero-order chi connectivity index (χ0) is 10.1. The third-order valence-corrected chi connectivity index (χ3v) is 1.66. The highest BCUT2D eigenvalue weighted by Crippen LogP contribution is 1.92. The minimum atomic E-state index is -0.273. The first-order valence-electron chi connectivity index (χ1n) is 4.82. The molecule has 0 aromatic carbocycles. The van der Waals surface area contributed by atoms with Crippen molar-refractivity contribution in [2.75, 3.05) is 19.6 Å². The van der Waals surface area contributed by atoms with Crippen LogP contribution in [0.4, 0.5) is 0 Å². The molecule has 1 amide bonds. The summed E-state index contributed by atoms with van der Waals surface area (Å²) in [5.74, 6) is 0.0208. The lowest BCUT2D eigenvalue weighted by atomic mass is 10.2. The van der Waals surface area contributed by atoms with Crippen LogP contribution in [0.1, 0.15) is 26.7 Å². The van der Waals surface area contributed by atoms with Crippen molar-refractivity contribution in [3.63, 3.8) is 0 Å². The topological polar surface area (TPSA) is 61.4 Å². The summed E-state index contributed by atoms with van der Waals surface area (Å²) >= 11 is 0. The molecule has 4 heteroatoms. The van der Waals surface area contributed by atoms with E-state index in [0.717, 1.165) is 19.4 Å². The fraction of sp³-hybridized carbons (Fsp3) is 0.889. The minimum absolute atomic E-state index is 0.0208. The van der Waals surface area contributed by atoms with E-state index in [4.69, 9.17) is 5.11 Å². The van der Waals surface area contributed by atoms with Gasteiger partial charge < -0.3 is 15.7 Å². The van der Waals surface area contributed by atoms with Gasteiger partial charge >= 0.3 is 0 Å². The van der Waals surface area contributed by atoms with Crippen LogP contribution in [0.2, 0.25) is 0 Å². The van der Waals surface area contributed by atoms with E-state index in [2.05, 4.69) is 10.6 Å². The summed E-state index contributed by atoms with van der Waals surface area (Å²) < 4.78 is 0. The quantitative estimate of drug-likeness (QED) is 0.488. The summed E-state index contributed by atoms with van der Waals surface area (Å²) in [7, 11) is 0. The second-order valence-electron chi connectivity index (χ2n) is 3.12. The second-order valence-corrected chi connectivity index (χ2v) is 3.12. The lowest BCUT2D eigenvalue weighted by molar-refractivity contribution is -0.120. The molecule has 3 N–H and O–H groups in total. The Bertz CT molecular complexity index is 138. The number of hydrogen-bond donors (Lipinski definition) is 3. The van der Waals surface area contributed by atoms with Gasteiger partial charge in [-0.15, -0.1) is 0 Å². The normalized spacial score (nSPS) is 12.5. The summed E-state index contributed by atoms with van der Waals surface area (Å²) in [6, 6.07) is 0. The molecule has 0 fully saturated rings. The lowest BCUT2D eigenvalue weighted by Gasteiger charge is -2.06. The summed E-state index contributed by atoms with van der Waals surface area (Å²) in [4.78, 5) is 11.0. The van der Waals surface area contributed by atoms with Crippen LogP contribution in [-0.2, 0) is 4.79 Å². The first-order valence-corrected chi connectivity index (χ1v) is 4.82.